The van der Waals surface area contributed by atoms with E-state index in [1.807, 2.05) is 12.1 Å². The third-order valence-corrected chi connectivity index (χ3v) is 3.66. The monoisotopic (exact) mass is 232 g/mol. The third-order valence-electron chi connectivity index (χ3n) is 3.66. The molecule has 0 radical (unpaired) electrons. The standard InChI is InChI=1S/C15H24N2/c1-13-4-2-10-17(12-13)11-3-5-14-6-8-15(16)9-7-14/h6-9,13H,2-5,10-12,16H2,1H3. The number of hydrogen-bond acceptors (Lipinski definition) is 2. The van der Waals surface area contributed by atoms with Crippen LogP contribution >= 0.6 is 0 Å². The number of nitrogens with two attached hydrogens (primary N) is 1. The molecule has 1 fully saturated rings. The van der Waals surface area contributed by atoms with Crippen LogP contribution in [-0.2, 0) is 6.42 Å². The van der Waals surface area contributed by atoms with Gasteiger partial charge < -0.3 is 10.6 Å². The molecule has 1 unspecified atom stereocenters. The van der Waals surface area contributed by atoms with Gasteiger partial charge in [0.25, 0.3) is 0 Å². The first-order chi connectivity index (χ1) is 8.24. The number of hydrogen-bond donors (Lipinski definition) is 1. The molecule has 0 aromatic heterocycles. The Kier molecular flexibility index (Phi) is 4.43. The van der Waals surface area contributed by atoms with E-state index in [1.165, 1.54) is 50.9 Å². The molecule has 0 amide bonds. The predicted octanol–water partition coefficient (Wildman–Crippen LogP) is 2.93. The lowest BCUT2D eigenvalue weighted by atomic mass is 10.00. The van der Waals surface area contributed by atoms with Gasteiger partial charge in [-0.2, -0.15) is 0 Å². The SMILES string of the molecule is CC1CCCN(CCCc2ccc(N)cc2)C1. The van der Waals surface area contributed by atoms with Crippen molar-refractivity contribution in [3.8, 4) is 0 Å². The quantitative estimate of drug-likeness (QED) is 0.809. The largest absolute Gasteiger partial charge is 0.399 e. The van der Waals surface area contributed by atoms with E-state index in [1.54, 1.807) is 0 Å². The zero-order valence-electron chi connectivity index (χ0n) is 10.9. The Balaban J connectivity index is 1.70. The van der Waals surface area contributed by atoms with Crippen molar-refractivity contribution in [1.29, 1.82) is 0 Å². The summed E-state index contributed by atoms with van der Waals surface area (Å²) in [5.74, 6) is 0.889. The number of anilines is 1. The van der Waals surface area contributed by atoms with E-state index in [0.717, 1.165) is 11.6 Å². The van der Waals surface area contributed by atoms with Crippen molar-refractivity contribution in [1.82, 2.24) is 4.90 Å². The van der Waals surface area contributed by atoms with Crippen LogP contribution < -0.4 is 5.73 Å². The van der Waals surface area contributed by atoms with Crippen molar-refractivity contribution >= 4 is 5.69 Å². The minimum absolute atomic E-state index is 0.860. The molecule has 1 aliphatic rings. The fourth-order valence-corrected chi connectivity index (χ4v) is 2.68. The zero-order chi connectivity index (χ0) is 12.1. The molecule has 2 heteroatoms. The molecule has 1 aromatic rings. The van der Waals surface area contributed by atoms with Crippen LogP contribution in [0.4, 0.5) is 5.69 Å². The molecular weight excluding hydrogens is 208 g/mol. The van der Waals surface area contributed by atoms with Crippen molar-refractivity contribution < 1.29 is 0 Å². The average Bonchev–Trinajstić information content (AvgIpc) is 2.32. The van der Waals surface area contributed by atoms with Crippen LogP contribution in [-0.4, -0.2) is 24.5 Å². The van der Waals surface area contributed by atoms with Crippen LogP contribution in [0, 0.1) is 5.92 Å². The summed E-state index contributed by atoms with van der Waals surface area (Å²) >= 11 is 0. The van der Waals surface area contributed by atoms with Crippen molar-refractivity contribution in [3.05, 3.63) is 29.8 Å². The van der Waals surface area contributed by atoms with Gasteiger partial charge in [0.15, 0.2) is 0 Å². The smallest absolute Gasteiger partial charge is 0.0314 e. The summed E-state index contributed by atoms with van der Waals surface area (Å²) in [6, 6.07) is 8.29. The van der Waals surface area contributed by atoms with Gasteiger partial charge in [-0.15, -0.1) is 0 Å². The summed E-state index contributed by atoms with van der Waals surface area (Å²) in [5.41, 5.74) is 7.95. The van der Waals surface area contributed by atoms with Gasteiger partial charge in [0.1, 0.15) is 0 Å². The van der Waals surface area contributed by atoms with Crippen LogP contribution in [0.2, 0.25) is 0 Å². The maximum Gasteiger partial charge on any atom is 0.0314 e. The molecule has 1 saturated heterocycles. The highest BCUT2D eigenvalue weighted by Crippen LogP contribution is 2.16. The number of piperidine rings is 1. The molecule has 2 rings (SSSR count). The number of rotatable bonds is 4. The van der Waals surface area contributed by atoms with Crippen LogP contribution in [0.1, 0.15) is 31.7 Å². The zero-order valence-corrected chi connectivity index (χ0v) is 10.9. The van der Waals surface area contributed by atoms with Gasteiger partial charge in [-0.25, -0.2) is 0 Å². The summed E-state index contributed by atoms with van der Waals surface area (Å²) < 4.78 is 0. The summed E-state index contributed by atoms with van der Waals surface area (Å²) in [6.45, 7) is 6.20. The molecule has 1 atom stereocenters. The summed E-state index contributed by atoms with van der Waals surface area (Å²) in [5, 5.41) is 0. The highest BCUT2D eigenvalue weighted by atomic mass is 15.1. The van der Waals surface area contributed by atoms with Crippen molar-refractivity contribution in [2.75, 3.05) is 25.4 Å². The Morgan fingerprint density at radius 2 is 2.06 bits per heavy atom. The first-order valence-electron chi connectivity index (χ1n) is 6.81. The van der Waals surface area contributed by atoms with Gasteiger partial charge >= 0.3 is 0 Å². The fraction of sp³-hybridized carbons (Fsp3) is 0.600. The van der Waals surface area contributed by atoms with E-state index in [-0.39, 0.29) is 0 Å². The minimum atomic E-state index is 0.860. The lowest BCUT2D eigenvalue weighted by Crippen LogP contribution is -2.35. The van der Waals surface area contributed by atoms with E-state index in [0.29, 0.717) is 0 Å². The van der Waals surface area contributed by atoms with E-state index < -0.39 is 0 Å². The molecule has 0 bridgehead atoms. The molecule has 1 aliphatic heterocycles. The van der Waals surface area contributed by atoms with Gasteiger partial charge in [0, 0.05) is 12.2 Å². The Morgan fingerprint density at radius 3 is 2.76 bits per heavy atom. The normalized spacial score (nSPS) is 21.6. The summed E-state index contributed by atoms with van der Waals surface area (Å²) in [7, 11) is 0. The van der Waals surface area contributed by atoms with Crippen LogP contribution in [0.3, 0.4) is 0 Å². The Labute approximate surface area is 105 Å². The van der Waals surface area contributed by atoms with Gasteiger partial charge in [0.2, 0.25) is 0 Å². The Bertz CT molecular complexity index is 331. The van der Waals surface area contributed by atoms with E-state index in [2.05, 4.69) is 24.0 Å². The van der Waals surface area contributed by atoms with E-state index in [4.69, 9.17) is 5.73 Å². The Hall–Kier alpha value is -1.02. The second-order valence-electron chi connectivity index (χ2n) is 5.39. The molecule has 0 spiro atoms. The highest BCUT2D eigenvalue weighted by Gasteiger charge is 2.15. The predicted molar refractivity (Wildman–Crippen MR) is 74.0 cm³/mol. The number of benzene rings is 1. The molecule has 1 aromatic carbocycles. The number of nitrogen functional groups attached to an aromatic ring is 1. The lowest BCUT2D eigenvalue weighted by Gasteiger charge is -2.30. The van der Waals surface area contributed by atoms with E-state index >= 15 is 0 Å². The van der Waals surface area contributed by atoms with Crippen LogP contribution in [0.25, 0.3) is 0 Å². The van der Waals surface area contributed by atoms with Crippen LogP contribution in [0.15, 0.2) is 24.3 Å². The molecule has 17 heavy (non-hydrogen) atoms. The van der Waals surface area contributed by atoms with Gasteiger partial charge in [-0.3, -0.25) is 0 Å². The van der Waals surface area contributed by atoms with Gasteiger partial charge in [0.05, 0.1) is 0 Å². The van der Waals surface area contributed by atoms with E-state index in [9.17, 15) is 0 Å². The molecule has 2 N–H and O–H groups in total. The summed E-state index contributed by atoms with van der Waals surface area (Å²) in [4.78, 5) is 2.62. The molecule has 2 nitrogen and oxygen atoms in total. The molecule has 0 saturated carbocycles. The maximum atomic E-state index is 5.68. The second kappa shape index (κ2) is 6.06. The first-order valence-corrected chi connectivity index (χ1v) is 6.81. The van der Waals surface area contributed by atoms with Gasteiger partial charge in [-0.05, 0) is 62.4 Å². The molecule has 94 valence electrons. The minimum Gasteiger partial charge on any atom is -0.399 e. The number of nitrogens with zero attached hydrogens (tertiary/aromatic N) is 1. The average molecular weight is 232 g/mol. The fourth-order valence-electron chi connectivity index (χ4n) is 2.68. The second-order valence-corrected chi connectivity index (χ2v) is 5.39. The maximum absolute atomic E-state index is 5.68. The lowest BCUT2D eigenvalue weighted by molar-refractivity contribution is 0.182. The Morgan fingerprint density at radius 1 is 1.29 bits per heavy atom. The van der Waals surface area contributed by atoms with Gasteiger partial charge in [-0.1, -0.05) is 19.1 Å². The van der Waals surface area contributed by atoms with Crippen molar-refractivity contribution in [2.24, 2.45) is 5.92 Å². The molecule has 0 aliphatic carbocycles. The molecular formula is C15H24N2. The number of aryl methyl sites for hydroxylation is 1. The first kappa shape index (κ1) is 12.4. The highest BCUT2D eigenvalue weighted by molar-refractivity contribution is 5.39. The number of likely N-dealkylation sites (tertiary alicyclic amines) is 1. The van der Waals surface area contributed by atoms with Crippen LogP contribution in [0.5, 0.6) is 0 Å². The molecule has 1 heterocycles. The topological polar surface area (TPSA) is 29.3 Å². The van der Waals surface area contributed by atoms with Crippen molar-refractivity contribution in [3.63, 3.8) is 0 Å². The van der Waals surface area contributed by atoms with Crippen molar-refractivity contribution in [2.45, 2.75) is 32.6 Å². The third kappa shape index (κ3) is 4.04. The summed E-state index contributed by atoms with van der Waals surface area (Å²) in [6.07, 6.45) is 5.22.